The molecule has 0 aliphatic carbocycles. The SMILES string of the molecule is CN1CCCC1COc1ccccc1/C=C1\SCCN(c2ccc(Cl)c(Cl)c2)C1=O. The van der Waals surface area contributed by atoms with Gasteiger partial charge in [0.05, 0.1) is 15.0 Å². The van der Waals surface area contributed by atoms with Crippen molar-refractivity contribution in [1.29, 1.82) is 0 Å². The molecule has 30 heavy (non-hydrogen) atoms. The molecule has 2 aliphatic heterocycles. The molecule has 7 heteroatoms. The van der Waals surface area contributed by atoms with E-state index in [1.54, 1.807) is 28.8 Å². The van der Waals surface area contributed by atoms with Crippen LogP contribution in [-0.2, 0) is 4.79 Å². The molecule has 2 saturated heterocycles. The van der Waals surface area contributed by atoms with Crippen molar-refractivity contribution >= 4 is 52.6 Å². The van der Waals surface area contributed by atoms with Crippen molar-refractivity contribution in [1.82, 2.24) is 4.90 Å². The van der Waals surface area contributed by atoms with E-state index < -0.39 is 0 Å². The minimum atomic E-state index is -0.0324. The van der Waals surface area contributed by atoms with Crippen LogP contribution in [0.3, 0.4) is 0 Å². The molecule has 2 aromatic rings. The second-order valence-electron chi connectivity index (χ2n) is 7.54. The first-order valence-electron chi connectivity index (χ1n) is 10.1. The number of anilines is 1. The normalized spacial score (nSPS) is 21.4. The zero-order valence-electron chi connectivity index (χ0n) is 16.8. The first-order chi connectivity index (χ1) is 14.5. The monoisotopic (exact) mass is 462 g/mol. The topological polar surface area (TPSA) is 32.8 Å². The van der Waals surface area contributed by atoms with Gasteiger partial charge in [0.25, 0.3) is 5.91 Å². The molecular weight excluding hydrogens is 439 g/mol. The summed E-state index contributed by atoms with van der Waals surface area (Å²) in [5, 5.41) is 0.926. The number of ether oxygens (including phenoxy) is 1. The van der Waals surface area contributed by atoms with E-state index in [1.165, 1.54) is 6.42 Å². The summed E-state index contributed by atoms with van der Waals surface area (Å²) in [4.78, 5) is 18.0. The Bertz CT molecular complexity index is 966. The molecule has 2 fully saturated rings. The van der Waals surface area contributed by atoms with Crippen LogP contribution in [0.1, 0.15) is 18.4 Å². The zero-order valence-corrected chi connectivity index (χ0v) is 19.1. The molecule has 0 aromatic heterocycles. The van der Waals surface area contributed by atoms with Gasteiger partial charge in [0.1, 0.15) is 12.4 Å². The minimum absolute atomic E-state index is 0.0324. The zero-order chi connectivity index (χ0) is 21.1. The molecule has 2 heterocycles. The number of rotatable bonds is 5. The average Bonchev–Trinajstić information content (AvgIpc) is 3.16. The van der Waals surface area contributed by atoms with Gasteiger partial charge in [-0.3, -0.25) is 4.79 Å². The maximum atomic E-state index is 13.2. The van der Waals surface area contributed by atoms with E-state index in [0.29, 0.717) is 34.1 Å². The summed E-state index contributed by atoms with van der Waals surface area (Å²) in [6, 6.07) is 13.6. The lowest BCUT2D eigenvalue weighted by molar-refractivity contribution is -0.114. The Morgan fingerprint density at radius 1 is 1.17 bits per heavy atom. The lowest BCUT2D eigenvalue weighted by Crippen LogP contribution is -2.37. The van der Waals surface area contributed by atoms with Crippen LogP contribution in [0.2, 0.25) is 10.0 Å². The van der Waals surface area contributed by atoms with Crippen LogP contribution in [0.5, 0.6) is 5.75 Å². The van der Waals surface area contributed by atoms with Crippen LogP contribution in [0.15, 0.2) is 47.4 Å². The van der Waals surface area contributed by atoms with Crippen LogP contribution in [0.4, 0.5) is 5.69 Å². The van der Waals surface area contributed by atoms with E-state index in [0.717, 1.165) is 35.7 Å². The molecule has 158 valence electrons. The number of likely N-dealkylation sites (tertiary alicyclic amines) is 1. The van der Waals surface area contributed by atoms with Gasteiger partial charge in [0.2, 0.25) is 0 Å². The molecule has 4 nitrogen and oxygen atoms in total. The summed E-state index contributed by atoms with van der Waals surface area (Å²) in [6.45, 7) is 2.41. The van der Waals surface area contributed by atoms with Gasteiger partial charge in [-0.05, 0) is 56.8 Å². The largest absolute Gasteiger partial charge is 0.491 e. The molecule has 4 rings (SSSR count). The van der Waals surface area contributed by atoms with E-state index in [9.17, 15) is 4.79 Å². The van der Waals surface area contributed by atoms with Crippen molar-refractivity contribution in [3.8, 4) is 5.75 Å². The van der Waals surface area contributed by atoms with Gasteiger partial charge in [-0.15, -0.1) is 11.8 Å². The van der Waals surface area contributed by atoms with Gasteiger partial charge >= 0.3 is 0 Å². The number of thioether (sulfide) groups is 1. The number of likely N-dealkylation sites (N-methyl/N-ethyl adjacent to an activating group) is 1. The molecule has 2 aliphatic rings. The van der Waals surface area contributed by atoms with Gasteiger partial charge in [-0.1, -0.05) is 41.4 Å². The number of halogens is 2. The van der Waals surface area contributed by atoms with E-state index in [4.69, 9.17) is 27.9 Å². The Kier molecular flexibility index (Phi) is 6.94. The summed E-state index contributed by atoms with van der Waals surface area (Å²) >= 11 is 13.8. The maximum Gasteiger partial charge on any atom is 0.264 e. The van der Waals surface area contributed by atoms with E-state index in [-0.39, 0.29) is 5.91 Å². The average molecular weight is 463 g/mol. The van der Waals surface area contributed by atoms with Gasteiger partial charge in [0, 0.05) is 29.6 Å². The Morgan fingerprint density at radius 3 is 2.77 bits per heavy atom. The van der Waals surface area contributed by atoms with Crippen molar-refractivity contribution in [2.24, 2.45) is 0 Å². The molecule has 1 atom stereocenters. The van der Waals surface area contributed by atoms with Gasteiger partial charge < -0.3 is 14.5 Å². The molecule has 0 spiro atoms. The van der Waals surface area contributed by atoms with Gasteiger partial charge in [-0.2, -0.15) is 0 Å². The van der Waals surface area contributed by atoms with Crippen LogP contribution < -0.4 is 9.64 Å². The number of hydrogen-bond acceptors (Lipinski definition) is 4. The quantitative estimate of drug-likeness (QED) is 0.542. The van der Waals surface area contributed by atoms with Crippen molar-refractivity contribution in [3.05, 3.63) is 63.0 Å². The third-order valence-corrected chi connectivity index (χ3v) is 7.28. The Morgan fingerprint density at radius 2 is 2.00 bits per heavy atom. The fraction of sp³-hybridized carbons (Fsp3) is 0.348. The van der Waals surface area contributed by atoms with Crippen LogP contribution in [0.25, 0.3) is 6.08 Å². The lowest BCUT2D eigenvalue weighted by Gasteiger charge is -2.28. The molecule has 2 aromatic carbocycles. The molecular formula is C23H24Cl2N2O2S. The number of benzene rings is 2. The number of carbonyl (C=O) groups excluding carboxylic acids is 1. The van der Waals surface area contributed by atoms with E-state index >= 15 is 0 Å². The second-order valence-corrected chi connectivity index (χ2v) is 9.49. The summed E-state index contributed by atoms with van der Waals surface area (Å²) in [7, 11) is 2.14. The Balaban J connectivity index is 1.53. The van der Waals surface area contributed by atoms with E-state index in [1.807, 2.05) is 36.4 Å². The summed E-state index contributed by atoms with van der Waals surface area (Å²) in [5.41, 5.74) is 1.68. The summed E-state index contributed by atoms with van der Waals surface area (Å²) in [5.74, 6) is 1.59. The first kappa shape index (κ1) is 21.6. The molecule has 1 unspecified atom stereocenters. The van der Waals surface area contributed by atoms with Crippen LogP contribution in [-0.4, -0.2) is 49.3 Å². The number of para-hydroxylation sites is 1. The summed E-state index contributed by atoms with van der Waals surface area (Å²) < 4.78 is 6.16. The first-order valence-corrected chi connectivity index (χ1v) is 11.8. The highest BCUT2D eigenvalue weighted by Crippen LogP contribution is 2.34. The number of carbonyl (C=O) groups is 1. The second kappa shape index (κ2) is 9.65. The number of amides is 1. The Labute approximate surface area is 191 Å². The third-order valence-electron chi connectivity index (χ3n) is 5.55. The predicted molar refractivity (Wildman–Crippen MR) is 127 cm³/mol. The van der Waals surface area contributed by atoms with Crippen LogP contribution >= 0.6 is 35.0 Å². The molecule has 1 amide bonds. The predicted octanol–water partition coefficient (Wildman–Crippen LogP) is 5.59. The third kappa shape index (κ3) is 4.80. The lowest BCUT2D eigenvalue weighted by atomic mass is 10.1. The minimum Gasteiger partial charge on any atom is -0.491 e. The number of hydrogen-bond donors (Lipinski definition) is 0. The van der Waals surface area contributed by atoms with Crippen molar-refractivity contribution in [3.63, 3.8) is 0 Å². The summed E-state index contributed by atoms with van der Waals surface area (Å²) in [6.07, 6.45) is 4.31. The maximum absolute atomic E-state index is 13.2. The fourth-order valence-corrected chi connectivity index (χ4v) is 5.02. The van der Waals surface area contributed by atoms with Crippen LogP contribution in [0, 0.1) is 0 Å². The highest BCUT2D eigenvalue weighted by Gasteiger charge is 2.26. The highest BCUT2D eigenvalue weighted by atomic mass is 35.5. The van der Waals surface area contributed by atoms with Gasteiger partial charge in [-0.25, -0.2) is 0 Å². The molecule has 0 radical (unpaired) electrons. The fourth-order valence-electron chi connectivity index (χ4n) is 3.79. The molecule has 0 N–H and O–H groups in total. The van der Waals surface area contributed by atoms with Crippen molar-refractivity contribution in [2.45, 2.75) is 18.9 Å². The van der Waals surface area contributed by atoms with Crippen molar-refractivity contribution in [2.75, 3.05) is 37.4 Å². The molecule has 0 bridgehead atoms. The number of nitrogens with zero attached hydrogens (tertiary/aromatic N) is 2. The van der Waals surface area contributed by atoms with E-state index in [2.05, 4.69) is 11.9 Å². The standard InChI is InChI=1S/C23H24Cl2N2O2S/c1-26-10-4-6-18(26)15-29-21-7-3-2-5-16(21)13-22-23(28)27(11-12-30-22)17-8-9-19(24)20(25)14-17/h2-3,5,7-9,13-14,18H,4,6,10-12,15H2,1H3/b22-13-. The molecule has 0 saturated carbocycles. The highest BCUT2D eigenvalue weighted by molar-refractivity contribution is 8.04. The Hall–Kier alpha value is -1.66. The smallest absolute Gasteiger partial charge is 0.264 e. The van der Waals surface area contributed by atoms with Crippen molar-refractivity contribution < 1.29 is 9.53 Å². The van der Waals surface area contributed by atoms with Gasteiger partial charge in [0.15, 0.2) is 0 Å².